The van der Waals surface area contributed by atoms with Crippen molar-refractivity contribution in [1.29, 1.82) is 0 Å². The number of aliphatic hydroxyl groups is 1. The smallest absolute Gasteiger partial charge is 0.243 e. The van der Waals surface area contributed by atoms with Gasteiger partial charge in [-0.2, -0.15) is 4.31 Å². The molecule has 1 N–H and O–H groups in total. The zero-order chi connectivity index (χ0) is 14.0. The number of ether oxygens (including phenoxy) is 1. The summed E-state index contributed by atoms with van der Waals surface area (Å²) in [6.07, 6.45) is 0.751. The molecule has 1 saturated heterocycles. The number of rotatable bonds is 3. The van der Waals surface area contributed by atoms with Gasteiger partial charge in [0.1, 0.15) is 5.75 Å². The lowest BCUT2D eigenvalue weighted by atomic mass is 10.1. The van der Waals surface area contributed by atoms with Crippen molar-refractivity contribution in [3.8, 4) is 5.75 Å². The lowest BCUT2D eigenvalue weighted by Gasteiger charge is -2.29. The first kappa shape index (κ1) is 14.8. The molecule has 1 heterocycles. The molecule has 0 amide bonds. The number of halogens is 1. The van der Waals surface area contributed by atoms with Crippen molar-refractivity contribution >= 4 is 26.0 Å². The molecular formula is C12H16BrNO4S. The lowest BCUT2D eigenvalue weighted by Crippen LogP contribution is -2.42. The minimum Gasteiger partial charge on any atom is -0.496 e. The maximum atomic E-state index is 12.4. The highest BCUT2D eigenvalue weighted by Crippen LogP contribution is 2.29. The first-order chi connectivity index (χ1) is 8.95. The average Bonchev–Trinajstić information content (AvgIpc) is 2.38. The maximum Gasteiger partial charge on any atom is 0.243 e. The molecule has 2 rings (SSSR count). The SMILES string of the molecule is COc1ccc(S(=O)(=O)N2CCC[C@H](O)C2)cc1Br. The molecule has 0 bridgehead atoms. The number of hydrogen-bond acceptors (Lipinski definition) is 4. The minimum atomic E-state index is -3.55. The number of sulfonamides is 1. The predicted octanol–water partition coefficient (Wildman–Crippen LogP) is 1.60. The van der Waals surface area contributed by atoms with Crippen LogP contribution in [0.3, 0.4) is 0 Å². The van der Waals surface area contributed by atoms with Crippen LogP contribution in [0.15, 0.2) is 27.6 Å². The van der Waals surface area contributed by atoms with Gasteiger partial charge < -0.3 is 9.84 Å². The Morgan fingerprint density at radius 3 is 2.79 bits per heavy atom. The molecule has 0 aromatic heterocycles. The van der Waals surface area contributed by atoms with Gasteiger partial charge in [0.2, 0.25) is 10.0 Å². The summed E-state index contributed by atoms with van der Waals surface area (Å²) < 4.78 is 31.9. The Balaban J connectivity index is 2.31. The van der Waals surface area contributed by atoms with Gasteiger partial charge in [0.05, 0.1) is 22.6 Å². The van der Waals surface area contributed by atoms with Gasteiger partial charge in [-0.15, -0.1) is 0 Å². The van der Waals surface area contributed by atoms with Crippen LogP contribution in [0.5, 0.6) is 5.75 Å². The minimum absolute atomic E-state index is 0.159. The summed E-state index contributed by atoms with van der Waals surface area (Å²) in [7, 11) is -2.03. The number of hydrogen-bond donors (Lipinski definition) is 1. The van der Waals surface area contributed by atoms with E-state index < -0.39 is 16.1 Å². The molecule has 1 fully saturated rings. The molecule has 1 aliphatic heterocycles. The van der Waals surface area contributed by atoms with Crippen LogP contribution in [-0.2, 0) is 10.0 Å². The van der Waals surface area contributed by atoms with E-state index in [4.69, 9.17) is 4.74 Å². The fourth-order valence-electron chi connectivity index (χ4n) is 2.10. The van der Waals surface area contributed by atoms with Crippen LogP contribution in [-0.4, -0.2) is 44.1 Å². The molecule has 1 aromatic carbocycles. The highest BCUT2D eigenvalue weighted by Gasteiger charge is 2.29. The van der Waals surface area contributed by atoms with Gasteiger partial charge in [0, 0.05) is 13.1 Å². The Morgan fingerprint density at radius 2 is 2.21 bits per heavy atom. The van der Waals surface area contributed by atoms with E-state index in [9.17, 15) is 13.5 Å². The quantitative estimate of drug-likeness (QED) is 0.899. The molecule has 0 aliphatic carbocycles. The van der Waals surface area contributed by atoms with Crippen LogP contribution < -0.4 is 4.74 Å². The number of benzene rings is 1. The average molecular weight is 350 g/mol. The number of nitrogens with zero attached hydrogens (tertiary/aromatic N) is 1. The molecule has 7 heteroatoms. The van der Waals surface area contributed by atoms with Gasteiger partial charge in [0.25, 0.3) is 0 Å². The van der Waals surface area contributed by atoms with Crippen LogP contribution in [0, 0.1) is 0 Å². The van der Waals surface area contributed by atoms with Crippen LogP contribution in [0.1, 0.15) is 12.8 Å². The standard InChI is InChI=1S/C12H16BrNO4S/c1-18-12-5-4-10(7-11(12)13)19(16,17)14-6-2-3-9(15)8-14/h4-5,7,9,15H,2-3,6,8H2,1H3/t9-/m0/s1. The van der Waals surface area contributed by atoms with E-state index in [0.717, 1.165) is 0 Å². The third kappa shape index (κ3) is 3.10. The Kier molecular flexibility index (Phi) is 4.50. The molecular weight excluding hydrogens is 334 g/mol. The summed E-state index contributed by atoms with van der Waals surface area (Å²) in [6, 6.07) is 4.65. The highest BCUT2D eigenvalue weighted by molar-refractivity contribution is 9.10. The monoisotopic (exact) mass is 349 g/mol. The van der Waals surface area contributed by atoms with E-state index in [2.05, 4.69) is 15.9 Å². The van der Waals surface area contributed by atoms with Crippen LogP contribution in [0.4, 0.5) is 0 Å². The summed E-state index contributed by atoms with van der Waals surface area (Å²) in [6.45, 7) is 0.606. The first-order valence-electron chi connectivity index (χ1n) is 5.97. The largest absolute Gasteiger partial charge is 0.496 e. The second-order valence-corrected chi connectivity index (χ2v) is 7.25. The summed E-state index contributed by atoms with van der Waals surface area (Å²) >= 11 is 3.28. The molecule has 106 valence electrons. The summed E-state index contributed by atoms with van der Waals surface area (Å²) in [5.74, 6) is 0.581. The Labute approximate surface area is 121 Å². The van der Waals surface area contributed by atoms with Crippen molar-refractivity contribution in [2.75, 3.05) is 20.2 Å². The molecule has 5 nitrogen and oxygen atoms in total. The number of β-amino-alcohol motifs (C(OH)–C–C–N with tert-alkyl or cyclic N) is 1. The first-order valence-corrected chi connectivity index (χ1v) is 8.20. The zero-order valence-electron chi connectivity index (χ0n) is 10.5. The number of aliphatic hydroxyl groups excluding tert-OH is 1. The van der Waals surface area contributed by atoms with Gasteiger partial charge >= 0.3 is 0 Å². The Hall–Kier alpha value is -0.630. The van der Waals surface area contributed by atoms with Gasteiger partial charge in [0.15, 0.2) is 0 Å². The van der Waals surface area contributed by atoms with Crippen molar-refractivity contribution < 1.29 is 18.3 Å². The Morgan fingerprint density at radius 1 is 1.47 bits per heavy atom. The second-order valence-electron chi connectivity index (χ2n) is 4.46. The van der Waals surface area contributed by atoms with E-state index in [1.54, 1.807) is 6.07 Å². The summed E-state index contributed by atoms with van der Waals surface area (Å²) in [5.41, 5.74) is 0. The van der Waals surface area contributed by atoms with Gasteiger partial charge in [-0.25, -0.2) is 8.42 Å². The normalized spacial score (nSPS) is 21.3. The van der Waals surface area contributed by atoms with Gasteiger partial charge in [-0.3, -0.25) is 0 Å². The van der Waals surface area contributed by atoms with E-state index in [0.29, 0.717) is 29.6 Å². The second kappa shape index (κ2) is 5.78. The fraction of sp³-hybridized carbons (Fsp3) is 0.500. The van der Waals surface area contributed by atoms with Crippen LogP contribution in [0.25, 0.3) is 0 Å². The van der Waals surface area contributed by atoms with E-state index >= 15 is 0 Å². The van der Waals surface area contributed by atoms with Crippen molar-refractivity contribution in [3.05, 3.63) is 22.7 Å². The van der Waals surface area contributed by atoms with Crippen molar-refractivity contribution in [2.24, 2.45) is 0 Å². The highest BCUT2D eigenvalue weighted by atomic mass is 79.9. The molecule has 1 atom stereocenters. The Bertz CT molecular complexity index is 561. The van der Waals surface area contributed by atoms with E-state index in [1.165, 1.54) is 23.5 Å². The molecule has 0 spiro atoms. The molecule has 19 heavy (non-hydrogen) atoms. The van der Waals surface area contributed by atoms with Crippen molar-refractivity contribution in [1.82, 2.24) is 4.31 Å². The van der Waals surface area contributed by atoms with Crippen molar-refractivity contribution in [3.63, 3.8) is 0 Å². The zero-order valence-corrected chi connectivity index (χ0v) is 12.9. The summed E-state index contributed by atoms with van der Waals surface area (Å²) in [4.78, 5) is 0.203. The predicted molar refractivity (Wildman–Crippen MR) is 74.7 cm³/mol. The topological polar surface area (TPSA) is 66.8 Å². The van der Waals surface area contributed by atoms with Crippen LogP contribution in [0.2, 0.25) is 0 Å². The lowest BCUT2D eigenvalue weighted by molar-refractivity contribution is 0.108. The van der Waals surface area contributed by atoms with E-state index in [1.807, 2.05) is 0 Å². The maximum absolute atomic E-state index is 12.4. The van der Waals surface area contributed by atoms with E-state index in [-0.39, 0.29) is 11.4 Å². The van der Waals surface area contributed by atoms with Gasteiger partial charge in [-0.1, -0.05) is 0 Å². The van der Waals surface area contributed by atoms with Gasteiger partial charge in [-0.05, 0) is 47.0 Å². The molecule has 1 aliphatic rings. The fourth-order valence-corrected chi connectivity index (χ4v) is 4.33. The molecule has 0 unspecified atom stereocenters. The third-order valence-corrected chi connectivity index (χ3v) is 5.60. The number of methoxy groups -OCH3 is 1. The molecule has 1 aromatic rings. The van der Waals surface area contributed by atoms with Crippen molar-refractivity contribution in [2.45, 2.75) is 23.8 Å². The summed E-state index contributed by atoms with van der Waals surface area (Å²) in [5, 5.41) is 9.59. The van der Waals surface area contributed by atoms with Crippen LogP contribution >= 0.6 is 15.9 Å². The molecule has 0 saturated carbocycles. The molecule has 0 radical (unpaired) electrons. The third-order valence-electron chi connectivity index (χ3n) is 3.12. The number of piperidine rings is 1.